The second-order valence-corrected chi connectivity index (χ2v) is 9.03. The molecule has 4 rings (SSSR count). The largest absolute Gasteiger partial charge is 0.458 e. The van der Waals surface area contributed by atoms with E-state index in [-0.39, 0.29) is 18.3 Å². The molecule has 0 bridgehead atoms. The van der Waals surface area contributed by atoms with Gasteiger partial charge >= 0.3 is 5.97 Å². The normalized spacial score (nSPS) is 17.1. The molecule has 166 valence electrons. The van der Waals surface area contributed by atoms with Crippen LogP contribution in [0, 0.1) is 11.3 Å². The van der Waals surface area contributed by atoms with Crippen LogP contribution in [0.1, 0.15) is 49.8 Å². The van der Waals surface area contributed by atoms with Crippen molar-refractivity contribution in [3.63, 3.8) is 0 Å². The highest BCUT2D eigenvalue weighted by molar-refractivity contribution is 6.13. The SMILES string of the molecule is CC(C)(C)OC(=O)[C@@H]1[C@H](CC#N)c2ccccc2N1N=C(c1ccccc1)c1ccccc1. The van der Waals surface area contributed by atoms with E-state index < -0.39 is 11.6 Å². The average molecular weight is 438 g/mol. The summed E-state index contributed by atoms with van der Waals surface area (Å²) in [6.07, 6.45) is 0.193. The van der Waals surface area contributed by atoms with Gasteiger partial charge in [0.05, 0.1) is 17.5 Å². The number of fused-ring (bicyclic) bond motifs is 1. The topological polar surface area (TPSA) is 65.7 Å². The van der Waals surface area contributed by atoms with Gasteiger partial charge in [-0.3, -0.25) is 0 Å². The number of nitrogens with zero attached hydrogens (tertiary/aromatic N) is 3. The molecule has 0 amide bonds. The lowest BCUT2D eigenvalue weighted by atomic mass is 9.92. The molecule has 0 aliphatic carbocycles. The van der Waals surface area contributed by atoms with E-state index in [4.69, 9.17) is 9.84 Å². The average Bonchev–Trinajstić information content (AvgIpc) is 3.11. The molecule has 0 aromatic heterocycles. The molecule has 1 aliphatic heterocycles. The highest BCUT2D eigenvalue weighted by Gasteiger charge is 2.45. The molecule has 0 radical (unpaired) electrons. The number of para-hydroxylation sites is 1. The maximum Gasteiger partial charge on any atom is 0.332 e. The maximum atomic E-state index is 13.4. The summed E-state index contributed by atoms with van der Waals surface area (Å²) in [5.74, 6) is -0.722. The number of hydrogen-bond acceptors (Lipinski definition) is 5. The van der Waals surface area contributed by atoms with E-state index in [1.807, 2.05) is 106 Å². The summed E-state index contributed by atoms with van der Waals surface area (Å²) in [5, 5.41) is 16.4. The van der Waals surface area contributed by atoms with Gasteiger partial charge in [0.25, 0.3) is 0 Å². The number of ether oxygens (including phenoxy) is 1. The molecule has 0 saturated heterocycles. The molecule has 0 fully saturated rings. The third-order valence-electron chi connectivity index (χ3n) is 5.49. The van der Waals surface area contributed by atoms with Crippen molar-refractivity contribution in [3.8, 4) is 6.07 Å². The summed E-state index contributed by atoms with van der Waals surface area (Å²) < 4.78 is 5.79. The Hall–Kier alpha value is -3.91. The Morgan fingerprint density at radius 3 is 2.03 bits per heavy atom. The highest BCUT2D eigenvalue weighted by Crippen LogP contribution is 2.44. The van der Waals surface area contributed by atoms with Crippen molar-refractivity contribution in [2.75, 3.05) is 5.01 Å². The van der Waals surface area contributed by atoms with Gasteiger partial charge in [-0.15, -0.1) is 0 Å². The number of hydrazone groups is 1. The fourth-order valence-electron chi connectivity index (χ4n) is 4.14. The molecule has 0 spiro atoms. The quantitative estimate of drug-likeness (QED) is 0.381. The van der Waals surface area contributed by atoms with Crippen LogP contribution in [-0.2, 0) is 9.53 Å². The minimum atomic E-state index is -0.733. The Bertz CT molecular complexity index is 1150. The fraction of sp³-hybridized carbons (Fsp3) is 0.250. The molecule has 3 aromatic rings. The zero-order chi connectivity index (χ0) is 23.4. The Morgan fingerprint density at radius 2 is 1.48 bits per heavy atom. The predicted molar refractivity (Wildman–Crippen MR) is 130 cm³/mol. The van der Waals surface area contributed by atoms with Crippen LogP contribution in [0.4, 0.5) is 5.69 Å². The first-order valence-electron chi connectivity index (χ1n) is 11.1. The van der Waals surface area contributed by atoms with Crippen molar-refractivity contribution < 1.29 is 9.53 Å². The summed E-state index contributed by atoms with van der Waals surface area (Å²) in [5.41, 5.74) is 3.72. The number of rotatable bonds is 5. The molecule has 5 nitrogen and oxygen atoms in total. The predicted octanol–water partition coefficient (Wildman–Crippen LogP) is 5.67. The number of esters is 1. The van der Waals surface area contributed by atoms with Crippen LogP contribution in [-0.4, -0.2) is 23.3 Å². The minimum absolute atomic E-state index is 0.193. The molecule has 0 unspecified atom stereocenters. The van der Waals surface area contributed by atoms with Crippen molar-refractivity contribution in [1.29, 1.82) is 5.26 Å². The molecule has 1 aliphatic rings. The number of hydrogen-bond donors (Lipinski definition) is 0. The monoisotopic (exact) mass is 437 g/mol. The summed E-state index contributed by atoms with van der Waals surface area (Å²) >= 11 is 0. The van der Waals surface area contributed by atoms with E-state index in [0.29, 0.717) is 0 Å². The molecule has 1 heterocycles. The summed E-state index contributed by atoms with van der Waals surface area (Å²) in [6, 6.07) is 29.1. The first-order chi connectivity index (χ1) is 15.9. The standard InChI is InChI=1S/C28H27N3O2/c1-28(2,3)33-27(32)26-23(18-19-29)22-16-10-11-17-24(22)31(26)30-25(20-12-6-4-7-13-20)21-14-8-5-9-15-21/h4-17,23,26H,18H2,1-3H3/t23-,26+/m1/s1. The Morgan fingerprint density at radius 1 is 0.939 bits per heavy atom. The number of carbonyl (C=O) groups excluding carboxylic acids is 1. The van der Waals surface area contributed by atoms with E-state index in [0.717, 1.165) is 28.1 Å². The number of anilines is 1. The number of carbonyl (C=O) groups is 1. The summed E-state index contributed by atoms with van der Waals surface area (Å²) in [7, 11) is 0. The van der Waals surface area contributed by atoms with Crippen LogP contribution in [0.25, 0.3) is 0 Å². The maximum absolute atomic E-state index is 13.4. The number of nitriles is 1. The first kappa shape index (κ1) is 22.3. The van der Waals surface area contributed by atoms with Crippen molar-refractivity contribution in [1.82, 2.24) is 0 Å². The third kappa shape index (κ3) is 4.80. The van der Waals surface area contributed by atoms with E-state index in [1.165, 1.54) is 0 Å². The van der Waals surface area contributed by atoms with Crippen LogP contribution in [0.5, 0.6) is 0 Å². The van der Waals surface area contributed by atoms with Crippen LogP contribution < -0.4 is 5.01 Å². The van der Waals surface area contributed by atoms with Gasteiger partial charge in [0.1, 0.15) is 5.60 Å². The van der Waals surface area contributed by atoms with Crippen molar-refractivity contribution in [2.24, 2.45) is 5.10 Å². The Kier molecular flexibility index (Phi) is 6.28. The Balaban J connectivity index is 1.90. The van der Waals surface area contributed by atoms with Gasteiger partial charge in [0.2, 0.25) is 0 Å². The molecule has 0 N–H and O–H groups in total. The van der Waals surface area contributed by atoms with Gasteiger partial charge in [-0.05, 0) is 32.4 Å². The summed E-state index contributed by atoms with van der Waals surface area (Å²) in [6.45, 7) is 5.54. The lowest BCUT2D eigenvalue weighted by molar-refractivity contribution is -0.156. The van der Waals surface area contributed by atoms with Gasteiger partial charge < -0.3 is 4.74 Å². The smallest absolute Gasteiger partial charge is 0.332 e. The van der Waals surface area contributed by atoms with Crippen LogP contribution in [0.15, 0.2) is 90.0 Å². The van der Waals surface area contributed by atoms with Gasteiger partial charge in [0, 0.05) is 23.5 Å². The third-order valence-corrected chi connectivity index (χ3v) is 5.49. The zero-order valence-corrected chi connectivity index (χ0v) is 19.1. The zero-order valence-electron chi connectivity index (χ0n) is 19.1. The summed E-state index contributed by atoms with van der Waals surface area (Å²) in [4.78, 5) is 13.4. The van der Waals surface area contributed by atoms with Gasteiger partial charge in [-0.1, -0.05) is 78.9 Å². The molecular formula is C28H27N3O2. The van der Waals surface area contributed by atoms with Gasteiger partial charge in [-0.25, -0.2) is 9.80 Å². The minimum Gasteiger partial charge on any atom is -0.458 e. The van der Waals surface area contributed by atoms with Crippen molar-refractivity contribution in [3.05, 3.63) is 102 Å². The van der Waals surface area contributed by atoms with E-state index >= 15 is 0 Å². The molecule has 0 saturated carbocycles. The first-order valence-corrected chi connectivity index (χ1v) is 11.1. The van der Waals surface area contributed by atoms with E-state index in [2.05, 4.69) is 6.07 Å². The van der Waals surface area contributed by atoms with Crippen molar-refractivity contribution in [2.45, 2.75) is 44.8 Å². The van der Waals surface area contributed by atoms with Gasteiger partial charge in [0.15, 0.2) is 6.04 Å². The van der Waals surface area contributed by atoms with E-state index in [1.54, 1.807) is 5.01 Å². The molecule has 33 heavy (non-hydrogen) atoms. The lowest BCUT2D eigenvalue weighted by Gasteiger charge is -2.29. The Labute approximate surface area is 194 Å². The fourth-order valence-corrected chi connectivity index (χ4v) is 4.14. The van der Waals surface area contributed by atoms with Gasteiger partial charge in [-0.2, -0.15) is 10.4 Å². The highest BCUT2D eigenvalue weighted by atomic mass is 16.6. The van der Waals surface area contributed by atoms with Crippen LogP contribution in [0.3, 0.4) is 0 Å². The van der Waals surface area contributed by atoms with Crippen LogP contribution in [0.2, 0.25) is 0 Å². The lowest BCUT2D eigenvalue weighted by Crippen LogP contribution is -2.42. The molecular weight excluding hydrogens is 410 g/mol. The number of benzene rings is 3. The second-order valence-electron chi connectivity index (χ2n) is 9.03. The van der Waals surface area contributed by atoms with E-state index in [9.17, 15) is 10.1 Å². The second kappa shape index (κ2) is 9.30. The molecule has 2 atom stereocenters. The van der Waals surface area contributed by atoms with Crippen LogP contribution >= 0.6 is 0 Å². The molecule has 3 aromatic carbocycles. The van der Waals surface area contributed by atoms with Crippen molar-refractivity contribution >= 4 is 17.4 Å². The molecule has 5 heteroatoms.